The zero-order chi connectivity index (χ0) is 14.8. The van der Waals surface area contributed by atoms with Gasteiger partial charge in [-0.25, -0.2) is 26.3 Å². The highest BCUT2D eigenvalue weighted by Crippen LogP contribution is 2.22. The van der Waals surface area contributed by atoms with Gasteiger partial charge in [0.1, 0.15) is 0 Å². The minimum absolute atomic E-state index is 0. The third-order valence-electron chi connectivity index (χ3n) is 2.78. The minimum atomic E-state index is -3.64. The van der Waals surface area contributed by atoms with Crippen LogP contribution < -0.4 is 15.2 Å². The molecule has 0 radical (unpaired) electrons. The zero-order valence-corrected chi connectivity index (χ0v) is 13.6. The lowest BCUT2D eigenvalue weighted by Gasteiger charge is -2.08. The Labute approximate surface area is 130 Å². The van der Waals surface area contributed by atoms with Crippen molar-refractivity contribution in [1.29, 1.82) is 0 Å². The van der Waals surface area contributed by atoms with Gasteiger partial charge in [0.2, 0.25) is 20.0 Å². The van der Waals surface area contributed by atoms with E-state index in [-0.39, 0.29) is 41.3 Å². The summed E-state index contributed by atoms with van der Waals surface area (Å²) in [7, 11) is -7.20. The van der Waals surface area contributed by atoms with Gasteiger partial charge in [-0.15, -0.1) is 12.4 Å². The van der Waals surface area contributed by atoms with E-state index in [0.717, 1.165) is 12.8 Å². The molecule has 1 aliphatic rings. The molecule has 0 atom stereocenters. The van der Waals surface area contributed by atoms with E-state index in [1.54, 1.807) is 0 Å². The molecule has 1 aromatic carbocycles. The molecule has 21 heavy (non-hydrogen) atoms. The van der Waals surface area contributed by atoms with Crippen LogP contribution in [0.2, 0.25) is 0 Å². The normalized spacial score (nSPS) is 15.5. The van der Waals surface area contributed by atoms with Crippen molar-refractivity contribution < 1.29 is 16.8 Å². The van der Waals surface area contributed by atoms with Gasteiger partial charge in [-0.05, 0) is 37.1 Å². The molecule has 1 aromatic rings. The van der Waals surface area contributed by atoms with E-state index in [0.29, 0.717) is 0 Å². The van der Waals surface area contributed by atoms with Crippen molar-refractivity contribution in [2.75, 3.05) is 13.1 Å². The van der Waals surface area contributed by atoms with Gasteiger partial charge >= 0.3 is 0 Å². The molecule has 1 fully saturated rings. The van der Waals surface area contributed by atoms with E-state index < -0.39 is 20.0 Å². The van der Waals surface area contributed by atoms with Crippen LogP contribution in [-0.2, 0) is 20.0 Å². The van der Waals surface area contributed by atoms with Gasteiger partial charge in [0.05, 0.1) is 9.79 Å². The average molecular weight is 356 g/mol. The number of hydrogen-bond acceptors (Lipinski definition) is 5. The molecule has 0 heterocycles. The summed E-state index contributed by atoms with van der Waals surface area (Å²) < 4.78 is 52.3. The highest BCUT2D eigenvalue weighted by atomic mass is 35.5. The maximum atomic E-state index is 11.9. The van der Waals surface area contributed by atoms with E-state index in [1.165, 1.54) is 24.3 Å². The summed E-state index contributed by atoms with van der Waals surface area (Å²) in [5.41, 5.74) is 5.23. The summed E-state index contributed by atoms with van der Waals surface area (Å²) >= 11 is 0. The van der Waals surface area contributed by atoms with Gasteiger partial charge in [0.15, 0.2) is 0 Å². The quantitative estimate of drug-likeness (QED) is 0.625. The number of nitrogens with two attached hydrogens (primary N) is 1. The van der Waals surface area contributed by atoms with Gasteiger partial charge in [-0.2, -0.15) is 0 Å². The van der Waals surface area contributed by atoms with Crippen molar-refractivity contribution in [3.8, 4) is 0 Å². The predicted molar refractivity (Wildman–Crippen MR) is 81.3 cm³/mol. The summed E-state index contributed by atoms with van der Waals surface area (Å²) in [6, 6.07) is 5.10. The number of halogens is 1. The second-order valence-corrected chi connectivity index (χ2v) is 8.03. The van der Waals surface area contributed by atoms with Crippen LogP contribution in [0.25, 0.3) is 0 Å². The maximum absolute atomic E-state index is 11.9. The molecular formula is C11H18ClN3O4S2. The first kappa shape index (κ1) is 18.3. The maximum Gasteiger partial charge on any atom is 0.240 e. The van der Waals surface area contributed by atoms with Gasteiger partial charge in [0.25, 0.3) is 0 Å². The van der Waals surface area contributed by atoms with E-state index in [9.17, 15) is 16.8 Å². The average Bonchev–Trinajstić information content (AvgIpc) is 3.20. The fourth-order valence-corrected chi connectivity index (χ4v) is 3.92. The van der Waals surface area contributed by atoms with Crippen LogP contribution in [0.5, 0.6) is 0 Å². The molecule has 4 N–H and O–H groups in total. The highest BCUT2D eigenvalue weighted by Gasteiger charge is 2.28. The van der Waals surface area contributed by atoms with Crippen molar-refractivity contribution >= 4 is 32.5 Å². The smallest absolute Gasteiger partial charge is 0.240 e. The third-order valence-corrected chi connectivity index (χ3v) is 5.79. The molecule has 10 heteroatoms. The van der Waals surface area contributed by atoms with Crippen molar-refractivity contribution in [3.63, 3.8) is 0 Å². The SMILES string of the molecule is Cl.NCCNS(=O)(=O)c1ccc(S(=O)(=O)NC2CC2)cc1. The third kappa shape index (κ3) is 4.90. The van der Waals surface area contributed by atoms with Crippen LogP contribution >= 0.6 is 12.4 Å². The van der Waals surface area contributed by atoms with Crippen LogP contribution in [0.1, 0.15) is 12.8 Å². The molecule has 0 spiro atoms. The number of nitrogens with one attached hydrogen (secondary N) is 2. The lowest BCUT2D eigenvalue weighted by atomic mass is 10.4. The van der Waals surface area contributed by atoms with Crippen molar-refractivity contribution in [2.24, 2.45) is 5.73 Å². The van der Waals surface area contributed by atoms with Crippen LogP contribution in [-0.4, -0.2) is 36.0 Å². The van der Waals surface area contributed by atoms with Gasteiger partial charge in [-0.3, -0.25) is 0 Å². The number of sulfonamides is 2. The molecule has 1 saturated carbocycles. The zero-order valence-electron chi connectivity index (χ0n) is 11.2. The van der Waals surface area contributed by atoms with Gasteiger partial charge in [0, 0.05) is 19.1 Å². The van der Waals surface area contributed by atoms with E-state index in [1.807, 2.05) is 0 Å². The van der Waals surface area contributed by atoms with Crippen molar-refractivity contribution in [2.45, 2.75) is 28.7 Å². The van der Waals surface area contributed by atoms with Crippen LogP contribution in [0.3, 0.4) is 0 Å². The first-order valence-electron chi connectivity index (χ1n) is 6.17. The summed E-state index contributed by atoms with van der Waals surface area (Å²) in [6.45, 7) is 0.322. The van der Waals surface area contributed by atoms with Crippen LogP contribution in [0.15, 0.2) is 34.1 Å². The molecule has 120 valence electrons. The Morgan fingerprint density at radius 1 is 1.00 bits per heavy atom. The lowest BCUT2D eigenvalue weighted by molar-refractivity contribution is 0.577. The number of rotatable bonds is 7. The Kier molecular flexibility index (Phi) is 6.14. The molecule has 0 aliphatic heterocycles. The molecule has 1 aliphatic carbocycles. The second kappa shape index (κ2) is 7.03. The monoisotopic (exact) mass is 355 g/mol. The van der Waals surface area contributed by atoms with Gasteiger partial charge < -0.3 is 5.73 Å². The molecule has 0 bridgehead atoms. The Bertz CT molecular complexity index is 670. The Hall–Kier alpha value is -0.710. The fourth-order valence-electron chi connectivity index (χ4n) is 1.56. The first-order valence-corrected chi connectivity index (χ1v) is 9.14. The number of benzene rings is 1. The Balaban J connectivity index is 0.00000220. The lowest BCUT2D eigenvalue weighted by Crippen LogP contribution is -2.29. The fraction of sp³-hybridized carbons (Fsp3) is 0.455. The molecule has 0 amide bonds. The van der Waals surface area contributed by atoms with E-state index >= 15 is 0 Å². The summed E-state index contributed by atoms with van der Waals surface area (Å²) in [5.74, 6) is 0. The molecule has 0 saturated heterocycles. The predicted octanol–water partition coefficient (Wildman–Crippen LogP) is -0.214. The van der Waals surface area contributed by atoms with E-state index in [2.05, 4.69) is 9.44 Å². The summed E-state index contributed by atoms with van der Waals surface area (Å²) in [4.78, 5) is 0.0681. The first-order chi connectivity index (χ1) is 9.35. The largest absolute Gasteiger partial charge is 0.329 e. The molecule has 0 aromatic heterocycles. The Morgan fingerprint density at radius 2 is 1.48 bits per heavy atom. The van der Waals surface area contributed by atoms with Crippen LogP contribution in [0.4, 0.5) is 0 Å². The number of hydrogen-bond donors (Lipinski definition) is 3. The minimum Gasteiger partial charge on any atom is -0.329 e. The molecular weight excluding hydrogens is 338 g/mol. The summed E-state index contributed by atoms with van der Waals surface area (Å²) in [5, 5.41) is 0. The van der Waals surface area contributed by atoms with Crippen molar-refractivity contribution in [3.05, 3.63) is 24.3 Å². The van der Waals surface area contributed by atoms with Crippen molar-refractivity contribution in [1.82, 2.24) is 9.44 Å². The van der Waals surface area contributed by atoms with E-state index in [4.69, 9.17) is 5.73 Å². The van der Waals surface area contributed by atoms with Crippen LogP contribution in [0, 0.1) is 0 Å². The summed E-state index contributed by atoms with van der Waals surface area (Å²) in [6.07, 6.45) is 1.68. The van der Waals surface area contributed by atoms with Gasteiger partial charge in [-0.1, -0.05) is 0 Å². The molecule has 2 rings (SSSR count). The standard InChI is InChI=1S/C11H17N3O4S2.ClH/c12-7-8-13-19(15,16)10-3-5-11(6-4-10)20(17,18)14-9-1-2-9;/h3-6,9,13-14H,1-2,7-8,12H2;1H. The topological polar surface area (TPSA) is 118 Å². The Morgan fingerprint density at radius 3 is 1.90 bits per heavy atom. The second-order valence-electron chi connectivity index (χ2n) is 4.55. The molecule has 0 unspecified atom stereocenters. The highest BCUT2D eigenvalue weighted by molar-refractivity contribution is 7.90. The molecule has 7 nitrogen and oxygen atoms in total.